The zero-order valence-electron chi connectivity index (χ0n) is 41.7. The summed E-state index contributed by atoms with van der Waals surface area (Å²) in [4.78, 5) is 2.54. The van der Waals surface area contributed by atoms with Gasteiger partial charge in [-0.25, -0.2) is 0 Å². The van der Waals surface area contributed by atoms with Gasteiger partial charge < -0.3 is 13.9 Å². The molecular formula is C74H44N2O. The van der Waals surface area contributed by atoms with Gasteiger partial charge in [0.1, 0.15) is 11.2 Å². The van der Waals surface area contributed by atoms with E-state index in [1.807, 2.05) is 6.07 Å². The number of rotatable bonds is 4. The van der Waals surface area contributed by atoms with E-state index < -0.39 is 10.8 Å². The van der Waals surface area contributed by atoms with Crippen LogP contribution in [0, 0.1) is 0 Å². The minimum atomic E-state index is -0.607. The van der Waals surface area contributed by atoms with Crippen molar-refractivity contribution in [2.75, 3.05) is 4.90 Å². The molecule has 0 fully saturated rings. The highest BCUT2D eigenvalue weighted by molar-refractivity contribution is 6.15. The first-order valence-corrected chi connectivity index (χ1v) is 26.8. The van der Waals surface area contributed by atoms with E-state index in [1.54, 1.807) is 0 Å². The molecule has 3 heterocycles. The number of furan rings is 1. The van der Waals surface area contributed by atoms with Gasteiger partial charge in [-0.3, -0.25) is 0 Å². The first kappa shape index (κ1) is 41.4. The molecule has 0 bridgehead atoms. The largest absolute Gasteiger partial charge is 0.455 e. The van der Waals surface area contributed by atoms with Gasteiger partial charge in [0.05, 0.1) is 27.6 Å². The summed E-state index contributed by atoms with van der Waals surface area (Å²) in [5.74, 6) is 0. The third-order valence-electron chi connectivity index (χ3n) is 18.0. The van der Waals surface area contributed by atoms with Gasteiger partial charge in [0.2, 0.25) is 0 Å². The summed E-state index contributed by atoms with van der Waals surface area (Å²) < 4.78 is 9.19. The molecular weight excluding hydrogens is 933 g/mol. The van der Waals surface area contributed by atoms with Gasteiger partial charge in [0, 0.05) is 44.2 Å². The third kappa shape index (κ3) is 5.07. The van der Waals surface area contributed by atoms with Gasteiger partial charge >= 0.3 is 0 Å². The lowest BCUT2D eigenvalue weighted by atomic mass is 9.65. The van der Waals surface area contributed by atoms with Crippen molar-refractivity contribution in [2.24, 2.45) is 0 Å². The maximum atomic E-state index is 6.64. The molecule has 77 heavy (non-hydrogen) atoms. The van der Waals surface area contributed by atoms with Crippen molar-refractivity contribution >= 4 is 60.8 Å². The second kappa shape index (κ2) is 14.9. The van der Waals surface area contributed by atoms with E-state index in [0.717, 1.165) is 50.1 Å². The summed E-state index contributed by atoms with van der Waals surface area (Å²) in [7, 11) is 0. The zero-order chi connectivity index (χ0) is 50.1. The van der Waals surface area contributed by atoms with Crippen LogP contribution in [0.4, 0.5) is 17.1 Å². The van der Waals surface area contributed by atoms with Crippen molar-refractivity contribution in [3.63, 3.8) is 0 Å². The summed E-state index contributed by atoms with van der Waals surface area (Å²) in [6.45, 7) is 0. The van der Waals surface area contributed by atoms with Crippen LogP contribution in [0.15, 0.2) is 271 Å². The Kier molecular flexibility index (Phi) is 8.00. The molecule has 0 atom stereocenters. The van der Waals surface area contributed by atoms with E-state index >= 15 is 0 Å². The van der Waals surface area contributed by atoms with Crippen molar-refractivity contribution < 1.29 is 4.42 Å². The lowest BCUT2D eigenvalue weighted by Crippen LogP contribution is -2.33. The van der Waals surface area contributed by atoms with Crippen LogP contribution in [0.1, 0.15) is 44.5 Å². The number of hydrogen-bond donors (Lipinski definition) is 0. The Labute approximate surface area is 444 Å². The lowest BCUT2D eigenvalue weighted by molar-refractivity contribution is 0.670. The average Bonchev–Trinajstić information content (AvgIpc) is 4.29. The summed E-state index contributed by atoms with van der Waals surface area (Å²) in [5, 5.41) is 4.71. The number of anilines is 3. The first-order chi connectivity index (χ1) is 38.2. The fourth-order valence-corrected chi connectivity index (χ4v) is 15.1. The van der Waals surface area contributed by atoms with E-state index in [9.17, 15) is 0 Å². The molecule has 0 unspecified atom stereocenters. The van der Waals surface area contributed by atoms with Crippen LogP contribution in [-0.4, -0.2) is 4.57 Å². The molecule has 3 heteroatoms. The molecule has 14 aromatic rings. The number of hydrogen-bond acceptors (Lipinski definition) is 2. The Morgan fingerprint density at radius 1 is 0.299 bits per heavy atom. The van der Waals surface area contributed by atoms with Crippen LogP contribution in [0.2, 0.25) is 0 Å². The molecule has 0 saturated carbocycles. The summed E-state index contributed by atoms with van der Waals surface area (Å²) in [5.41, 5.74) is 28.0. The van der Waals surface area contributed by atoms with Crippen LogP contribution in [0.3, 0.4) is 0 Å². The molecule has 0 amide bonds. The lowest BCUT2D eigenvalue weighted by Gasteiger charge is -2.40. The fraction of sp³-hybridized carbons (Fsp3) is 0.0270. The molecule has 4 aliphatic rings. The molecule has 12 aromatic carbocycles. The number of nitrogens with zero attached hydrogens (tertiary/aromatic N) is 2. The topological polar surface area (TPSA) is 21.3 Å². The fourth-order valence-electron chi connectivity index (χ4n) is 15.1. The second-order valence-electron chi connectivity index (χ2n) is 21.4. The summed E-state index contributed by atoms with van der Waals surface area (Å²) >= 11 is 0. The Morgan fingerprint density at radius 3 is 1.40 bits per heavy atom. The molecule has 356 valence electrons. The predicted molar refractivity (Wildman–Crippen MR) is 315 cm³/mol. The van der Waals surface area contributed by atoms with Crippen molar-refractivity contribution in [3.8, 4) is 50.2 Å². The van der Waals surface area contributed by atoms with Crippen LogP contribution in [0.5, 0.6) is 0 Å². The monoisotopic (exact) mass is 976 g/mol. The number of para-hydroxylation sites is 4. The van der Waals surface area contributed by atoms with Gasteiger partial charge in [-0.05, 0) is 138 Å². The van der Waals surface area contributed by atoms with Gasteiger partial charge in [-0.15, -0.1) is 0 Å². The van der Waals surface area contributed by atoms with Gasteiger partial charge in [0.25, 0.3) is 0 Å². The van der Waals surface area contributed by atoms with E-state index in [-0.39, 0.29) is 0 Å². The molecule has 0 radical (unpaired) electrons. The standard InChI is InChI=1S/C74H44N2O/c1-8-27-60-50(18-1)51-19-2-9-28-61(51)73(60)62-29-10-5-22-54(62)55-41-40-47(43-66(55)73)75(46-38-36-45(37-39-46)49-25-17-26-58-57-24-7-16-35-70(57)77-72(49)58)48-42-59-56-23-6-14-33-68(56)76-69-34-15-13-32-65(69)74(67(44-48)71(59)76)63-30-11-3-20-52(63)53-21-4-12-31-64(53)74/h1-44H. The highest BCUT2D eigenvalue weighted by Gasteiger charge is 2.53. The minimum Gasteiger partial charge on any atom is -0.455 e. The molecule has 3 aliphatic carbocycles. The molecule has 0 saturated heterocycles. The number of fused-ring (bicyclic) bond motifs is 25. The van der Waals surface area contributed by atoms with Gasteiger partial charge in [0.15, 0.2) is 0 Å². The van der Waals surface area contributed by atoms with Crippen LogP contribution >= 0.6 is 0 Å². The highest BCUT2D eigenvalue weighted by Crippen LogP contribution is 2.65. The molecule has 2 spiro atoms. The first-order valence-electron chi connectivity index (χ1n) is 26.8. The molecule has 1 aliphatic heterocycles. The summed E-state index contributed by atoms with van der Waals surface area (Å²) in [6, 6.07) is 100. The van der Waals surface area contributed by atoms with Crippen molar-refractivity contribution in [1.82, 2.24) is 4.57 Å². The van der Waals surface area contributed by atoms with Gasteiger partial charge in [-0.2, -0.15) is 0 Å². The van der Waals surface area contributed by atoms with E-state index in [1.165, 1.54) is 105 Å². The van der Waals surface area contributed by atoms with Crippen molar-refractivity contribution in [1.29, 1.82) is 0 Å². The van der Waals surface area contributed by atoms with Gasteiger partial charge in [-0.1, -0.05) is 212 Å². The minimum absolute atomic E-state index is 0.510. The maximum absolute atomic E-state index is 6.64. The molecule has 18 rings (SSSR count). The second-order valence-corrected chi connectivity index (χ2v) is 21.4. The normalized spacial score (nSPS) is 14.2. The predicted octanol–water partition coefficient (Wildman–Crippen LogP) is 18.8. The number of aromatic nitrogens is 1. The molecule has 3 nitrogen and oxygen atoms in total. The quantitative estimate of drug-likeness (QED) is 0.175. The van der Waals surface area contributed by atoms with E-state index in [4.69, 9.17) is 4.42 Å². The Bertz CT molecular complexity index is 4780. The Balaban J connectivity index is 0.943. The Hall–Kier alpha value is -9.96. The van der Waals surface area contributed by atoms with E-state index in [0.29, 0.717) is 0 Å². The SMILES string of the molecule is c1ccc2c(c1)-c1ccccc1C21c2ccccc2-c2ccc(N(c3ccc(-c4cccc5c4oc4ccccc45)cc3)c3cc4c5c(c3)c3ccccc3n5-c3ccccc3C43c4ccccc4-c4ccccc43)cc21. The molecule has 2 aromatic heterocycles. The van der Waals surface area contributed by atoms with Crippen molar-refractivity contribution in [2.45, 2.75) is 10.8 Å². The van der Waals surface area contributed by atoms with Crippen LogP contribution in [-0.2, 0) is 10.8 Å². The zero-order valence-corrected chi connectivity index (χ0v) is 41.7. The Morgan fingerprint density at radius 2 is 0.766 bits per heavy atom. The van der Waals surface area contributed by atoms with E-state index in [2.05, 4.69) is 270 Å². The van der Waals surface area contributed by atoms with Crippen LogP contribution < -0.4 is 4.90 Å². The number of benzene rings is 12. The van der Waals surface area contributed by atoms with Crippen LogP contribution in [0.25, 0.3) is 93.9 Å². The van der Waals surface area contributed by atoms with Crippen molar-refractivity contribution in [3.05, 3.63) is 311 Å². The average molecular weight is 977 g/mol. The highest BCUT2D eigenvalue weighted by atomic mass is 16.3. The molecule has 0 N–H and O–H groups in total. The third-order valence-corrected chi connectivity index (χ3v) is 18.0. The summed E-state index contributed by atoms with van der Waals surface area (Å²) in [6.07, 6.45) is 0. The maximum Gasteiger partial charge on any atom is 0.143 e. The smallest absolute Gasteiger partial charge is 0.143 e.